The minimum Gasteiger partial charge on any atom is -0.329 e. The van der Waals surface area contributed by atoms with E-state index < -0.39 is 0 Å². The van der Waals surface area contributed by atoms with Gasteiger partial charge in [-0.15, -0.1) is 0 Å². The molecule has 0 atom stereocenters. The van der Waals surface area contributed by atoms with Crippen LogP contribution in [-0.2, 0) is 12.4 Å². The van der Waals surface area contributed by atoms with Gasteiger partial charge in [-0.25, -0.2) is 0 Å². The number of nitrogens with zero attached hydrogens (tertiary/aromatic N) is 3. The summed E-state index contributed by atoms with van der Waals surface area (Å²) >= 11 is 3.53. The van der Waals surface area contributed by atoms with Crippen molar-refractivity contribution in [2.24, 2.45) is 7.05 Å². The van der Waals surface area contributed by atoms with Crippen molar-refractivity contribution in [3.05, 3.63) is 41.6 Å². The topological polar surface area (TPSA) is 21.1 Å². The molecule has 0 N–H and O–H groups in total. The van der Waals surface area contributed by atoms with E-state index in [9.17, 15) is 0 Å². The summed E-state index contributed by atoms with van der Waals surface area (Å²) in [7, 11) is 4.05. The third kappa shape index (κ3) is 2.22. The molecule has 1 aromatic carbocycles. The molecule has 2 aromatic rings. The third-order valence-corrected chi connectivity index (χ3v) is 3.47. The molecule has 0 spiro atoms. The predicted octanol–water partition coefficient (Wildman–Crippen LogP) is 3.39. The van der Waals surface area contributed by atoms with Crippen LogP contribution in [0.25, 0.3) is 0 Å². The fourth-order valence-electron chi connectivity index (χ4n) is 2.04. The summed E-state index contributed by atoms with van der Waals surface area (Å²) in [4.78, 5) is 2.16. The van der Waals surface area contributed by atoms with Crippen molar-refractivity contribution in [3.8, 4) is 0 Å². The van der Waals surface area contributed by atoms with Crippen LogP contribution in [0.1, 0.15) is 11.3 Å². The molecule has 0 radical (unpaired) electrons. The third-order valence-electron chi connectivity index (χ3n) is 2.91. The van der Waals surface area contributed by atoms with Crippen LogP contribution in [0, 0.1) is 6.92 Å². The van der Waals surface area contributed by atoms with E-state index in [4.69, 9.17) is 0 Å². The van der Waals surface area contributed by atoms with Gasteiger partial charge in [0.05, 0.1) is 5.69 Å². The van der Waals surface area contributed by atoms with E-state index in [0.29, 0.717) is 0 Å². The van der Waals surface area contributed by atoms with E-state index >= 15 is 0 Å². The smallest absolute Gasteiger partial charge is 0.135 e. The molecule has 2 rings (SSSR count). The van der Waals surface area contributed by atoms with Crippen molar-refractivity contribution in [3.63, 3.8) is 0 Å². The van der Waals surface area contributed by atoms with E-state index in [2.05, 4.69) is 45.1 Å². The van der Waals surface area contributed by atoms with Gasteiger partial charge < -0.3 is 4.90 Å². The van der Waals surface area contributed by atoms with Crippen molar-refractivity contribution in [1.29, 1.82) is 0 Å². The number of aryl methyl sites for hydroxylation is 2. The fourth-order valence-corrected chi connectivity index (χ4v) is 2.70. The molecule has 3 nitrogen and oxygen atoms in total. The Morgan fingerprint density at radius 1 is 1.29 bits per heavy atom. The fraction of sp³-hybridized carbons (Fsp3) is 0.308. The number of rotatable bonds is 3. The van der Waals surface area contributed by atoms with E-state index in [1.165, 1.54) is 5.56 Å². The lowest BCUT2D eigenvalue weighted by molar-refractivity contribution is 0.750. The van der Waals surface area contributed by atoms with Crippen LogP contribution in [0.2, 0.25) is 0 Å². The maximum absolute atomic E-state index is 4.47. The molecule has 0 saturated carbocycles. The largest absolute Gasteiger partial charge is 0.329 e. The molecule has 0 unspecified atom stereocenters. The molecule has 90 valence electrons. The number of halogens is 1. The van der Waals surface area contributed by atoms with Crippen molar-refractivity contribution in [2.45, 2.75) is 12.3 Å². The molecular weight excluding hydrogens is 278 g/mol. The lowest BCUT2D eigenvalue weighted by Crippen LogP contribution is -2.14. The van der Waals surface area contributed by atoms with Crippen molar-refractivity contribution >= 4 is 27.4 Å². The number of alkyl halides is 1. The Bertz CT molecular complexity index is 505. The molecule has 17 heavy (non-hydrogen) atoms. The number of anilines is 2. The Balaban J connectivity index is 2.47. The zero-order chi connectivity index (χ0) is 12.4. The number of benzene rings is 1. The first-order valence-electron chi connectivity index (χ1n) is 5.52. The van der Waals surface area contributed by atoms with Crippen molar-refractivity contribution < 1.29 is 0 Å². The molecular formula is C13H16BrN3. The zero-order valence-electron chi connectivity index (χ0n) is 10.3. The van der Waals surface area contributed by atoms with Gasteiger partial charge in [-0.1, -0.05) is 34.1 Å². The first-order valence-corrected chi connectivity index (χ1v) is 6.64. The lowest BCUT2D eigenvalue weighted by Gasteiger charge is -2.20. The average molecular weight is 294 g/mol. The van der Waals surface area contributed by atoms with Gasteiger partial charge in [0.25, 0.3) is 0 Å². The second-order valence-electron chi connectivity index (χ2n) is 4.04. The maximum atomic E-state index is 4.47. The monoisotopic (exact) mass is 293 g/mol. The van der Waals surface area contributed by atoms with Crippen LogP contribution in [0.4, 0.5) is 11.5 Å². The summed E-state index contributed by atoms with van der Waals surface area (Å²) in [5.74, 6) is 1.13. The van der Waals surface area contributed by atoms with Crippen LogP contribution in [0.15, 0.2) is 30.3 Å². The van der Waals surface area contributed by atoms with Crippen LogP contribution >= 0.6 is 15.9 Å². The normalized spacial score (nSPS) is 10.6. The summed E-state index contributed by atoms with van der Waals surface area (Å²) in [6.45, 7) is 2.04. The first-order chi connectivity index (χ1) is 8.15. The van der Waals surface area contributed by atoms with E-state index in [0.717, 1.165) is 22.5 Å². The number of aromatic nitrogens is 2. The molecule has 0 fully saturated rings. The molecule has 1 heterocycles. The molecule has 0 aliphatic heterocycles. The Morgan fingerprint density at radius 3 is 2.53 bits per heavy atom. The number of hydrogen-bond acceptors (Lipinski definition) is 2. The molecule has 0 aliphatic rings. The van der Waals surface area contributed by atoms with Crippen LogP contribution < -0.4 is 4.90 Å². The predicted molar refractivity (Wildman–Crippen MR) is 75.1 cm³/mol. The highest BCUT2D eigenvalue weighted by Gasteiger charge is 2.16. The highest BCUT2D eigenvalue weighted by atomic mass is 79.9. The standard InChI is InChI=1S/C13H16BrN3/c1-10-12(9-14)13(17(3)15-10)16(2)11-7-5-4-6-8-11/h4-8H,9H2,1-3H3. The molecule has 0 aliphatic carbocycles. The van der Waals surface area contributed by atoms with Gasteiger partial charge >= 0.3 is 0 Å². The van der Waals surface area contributed by atoms with Crippen LogP contribution in [-0.4, -0.2) is 16.8 Å². The molecule has 0 amide bonds. The summed E-state index contributed by atoms with van der Waals surface area (Å²) in [5, 5.41) is 5.29. The Labute approximate surface area is 110 Å². The van der Waals surface area contributed by atoms with Gasteiger partial charge in [-0.2, -0.15) is 5.10 Å². The Morgan fingerprint density at radius 2 is 1.94 bits per heavy atom. The SMILES string of the molecule is Cc1nn(C)c(N(C)c2ccccc2)c1CBr. The van der Waals surface area contributed by atoms with E-state index in [1.807, 2.05) is 36.9 Å². The number of para-hydroxylation sites is 1. The average Bonchev–Trinajstić information content (AvgIpc) is 2.63. The molecule has 0 bridgehead atoms. The van der Waals surface area contributed by atoms with Gasteiger partial charge in [0.2, 0.25) is 0 Å². The lowest BCUT2D eigenvalue weighted by atomic mass is 10.2. The summed E-state index contributed by atoms with van der Waals surface area (Å²) in [6.07, 6.45) is 0. The van der Waals surface area contributed by atoms with Gasteiger partial charge in [0, 0.05) is 30.7 Å². The van der Waals surface area contributed by atoms with Crippen molar-refractivity contribution in [1.82, 2.24) is 9.78 Å². The minimum absolute atomic E-state index is 0.819. The van der Waals surface area contributed by atoms with Gasteiger partial charge in [0.15, 0.2) is 0 Å². The first kappa shape index (κ1) is 12.2. The zero-order valence-corrected chi connectivity index (χ0v) is 11.9. The highest BCUT2D eigenvalue weighted by molar-refractivity contribution is 9.08. The number of hydrogen-bond donors (Lipinski definition) is 0. The quantitative estimate of drug-likeness (QED) is 0.809. The summed E-state index contributed by atoms with van der Waals surface area (Å²) in [6, 6.07) is 10.3. The maximum Gasteiger partial charge on any atom is 0.135 e. The summed E-state index contributed by atoms with van der Waals surface area (Å²) in [5.41, 5.74) is 3.47. The van der Waals surface area contributed by atoms with E-state index in [1.54, 1.807) is 0 Å². The van der Waals surface area contributed by atoms with Crippen LogP contribution in [0.5, 0.6) is 0 Å². The second-order valence-corrected chi connectivity index (χ2v) is 4.60. The minimum atomic E-state index is 0.819. The Hall–Kier alpha value is -1.29. The van der Waals surface area contributed by atoms with Gasteiger partial charge in [-0.3, -0.25) is 4.68 Å². The summed E-state index contributed by atoms with van der Waals surface area (Å²) < 4.78 is 1.93. The van der Waals surface area contributed by atoms with Crippen LogP contribution in [0.3, 0.4) is 0 Å². The molecule has 4 heteroatoms. The van der Waals surface area contributed by atoms with Gasteiger partial charge in [0.1, 0.15) is 5.82 Å². The molecule has 0 saturated heterocycles. The second kappa shape index (κ2) is 4.92. The highest BCUT2D eigenvalue weighted by Crippen LogP contribution is 2.29. The van der Waals surface area contributed by atoms with Gasteiger partial charge in [-0.05, 0) is 19.1 Å². The van der Waals surface area contributed by atoms with E-state index in [-0.39, 0.29) is 0 Å². The Kier molecular flexibility index (Phi) is 3.52. The van der Waals surface area contributed by atoms with Crippen molar-refractivity contribution in [2.75, 3.05) is 11.9 Å². The molecule has 1 aromatic heterocycles.